The van der Waals surface area contributed by atoms with Crippen LogP contribution in [0.25, 0.3) is 23.3 Å². The van der Waals surface area contributed by atoms with Crippen LogP contribution in [0.5, 0.6) is 0 Å². The Labute approximate surface area is 211 Å². The van der Waals surface area contributed by atoms with Crippen molar-refractivity contribution in [2.45, 2.75) is 26.1 Å². The van der Waals surface area contributed by atoms with Gasteiger partial charge in [-0.25, -0.2) is 9.59 Å². The number of esters is 2. The Morgan fingerprint density at radius 1 is 0.722 bits per heavy atom. The zero-order chi connectivity index (χ0) is 25.7. The Bertz CT molecular complexity index is 1160. The average Bonchev–Trinajstić information content (AvgIpc) is 3.46. The number of aryl methyl sites for hydroxylation is 2. The van der Waals surface area contributed by atoms with Crippen LogP contribution in [-0.2, 0) is 28.5 Å². The van der Waals surface area contributed by atoms with Gasteiger partial charge >= 0.3 is 11.9 Å². The molecule has 2 aromatic carbocycles. The molecule has 0 N–H and O–H groups in total. The lowest BCUT2D eigenvalue weighted by Gasteiger charge is -2.22. The van der Waals surface area contributed by atoms with Crippen molar-refractivity contribution in [2.24, 2.45) is 0 Å². The van der Waals surface area contributed by atoms with Crippen LogP contribution in [-0.4, -0.2) is 38.4 Å². The molecule has 0 saturated carbocycles. The minimum atomic E-state index is -0.467. The fourth-order valence-corrected chi connectivity index (χ4v) is 4.61. The lowest BCUT2D eigenvalue weighted by atomic mass is 9.87. The van der Waals surface area contributed by atoms with Crippen LogP contribution < -0.4 is 0 Å². The fourth-order valence-electron chi connectivity index (χ4n) is 4.61. The molecule has 0 heterocycles. The number of rotatable bonds is 11. The first-order valence-corrected chi connectivity index (χ1v) is 11.9. The first-order valence-electron chi connectivity index (χ1n) is 11.9. The Balaban J connectivity index is 1.61. The number of fused-ring (bicyclic) bond motifs is 2. The summed E-state index contributed by atoms with van der Waals surface area (Å²) in [6, 6.07) is 8.64. The maximum atomic E-state index is 11.3. The van der Waals surface area contributed by atoms with E-state index in [0.29, 0.717) is 0 Å². The van der Waals surface area contributed by atoms with Gasteiger partial charge < -0.3 is 18.9 Å². The molecule has 2 aliphatic rings. The van der Waals surface area contributed by atoms with Gasteiger partial charge in [0.2, 0.25) is 0 Å². The van der Waals surface area contributed by atoms with E-state index in [1.807, 2.05) is 12.2 Å². The van der Waals surface area contributed by atoms with Crippen LogP contribution in [0.3, 0.4) is 0 Å². The zero-order valence-corrected chi connectivity index (χ0v) is 20.6. The summed E-state index contributed by atoms with van der Waals surface area (Å²) in [4.78, 5) is 22.7. The van der Waals surface area contributed by atoms with Gasteiger partial charge in [0, 0.05) is 12.2 Å². The van der Waals surface area contributed by atoms with E-state index < -0.39 is 11.9 Å². The van der Waals surface area contributed by atoms with Gasteiger partial charge in [-0.05, 0) is 58.4 Å². The Morgan fingerprint density at radius 3 is 1.53 bits per heavy atom. The van der Waals surface area contributed by atoms with Gasteiger partial charge in [0.05, 0.1) is 13.2 Å². The lowest BCUT2D eigenvalue weighted by Crippen LogP contribution is -2.12. The monoisotopic (exact) mass is 486 g/mol. The SMILES string of the molecule is C=CC(=O)OCCOC1C=Cc2cc(C)cc(-c3cc(C)cc4c3C(OCCOC(=O)C=C)C=C4)c21. The highest BCUT2D eigenvalue weighted by Crippen LogP contribution is 2.45. The van der Waals surface area contributed by atoms with Gasteiger partial charge in [0.1, 0.15) is 25.4 Å². The van der Waals surface area contributed by atoms with Crippen molar-refractivity contribution >= 4 is 24.1 Å². The van der Waals surface area contributed by atoms with Crippen LogP contribution in [0, 0.1) is 13.8 Å². The van der Waals surface area contributed by atoms with E-state index in [9.17, 15) is 9.59 Å². The molecule has 0 fully saturated rings. The minimum absolute atomic E-state index is 0.155. The molecule has 6 heteroatoms. The molecule has 0 radical (unpaired) electrons. The minimum Gasteiger partial charge on any atom is -0.460 e. The molecule has 36 heavy (non-hydrogen) atoms. The second-order valence-corrected chi connectivity index (χ2v) is 8.68. The summed E-state index contributed by atoms with van der Waals surface area (Å²) in [5, 5.41) is 0. The van der Waals surface area contributed by atoms with Crippen molar-refractivity contribution < 1.29 is 28.5 Å². The van der Waals surface area contributed by atoms with Crippen molar-refractivity contribution in [1.29, 1.82) is 0 Å². The van der Waals surface area contributed by atoms with Crippen LogP contribution >= 0.6 is 0 Å². The maximum Gasteiger partial charge on any atom is 0.330 e. The average molecular weight is 487 g/mol. The molecule has 2 aliphatic carbocycles. The fraction of sp³-hybridized carbons (Fsp3) is 0.267. The van der Waals surface area contributed by atoms with Crippen molar-refractivity contribution in [3.05, 3.63) is 95.1 Å². The summed E-state index contributed by atoms with van der Waals surface area (Å²) in [7, 11) is 0. The third kappa shape index (κ3) is 5.56. The van der Waals surface area contributed by atoms with Crippen molar-refractivity contribution in [3.8, 4) is 11.1 Å². The molecular formula is C30H30O6. The molecule has 0 bridgehead atoms. The van der Waals surface area contributed by atoms with Gasteiger partial charge in [-0.15, -0.1) is 0 Å². The molecule has 0 aromatic heterocycles. The Morgan fingerprint density at radius 2 is 1.14 bits per heavy atom. The number of carbonyl (C=O) groups excluding carboxylic acids is 2. The number of hydrogen-bond acceptors (Lipinski definition) is 6. The van der Waals surface area contributed by atoms with Crippen LogP contribution in [0.4, 0.5) is 0 Å². The maximum absolute atomic E-state index is 11.3. The number of hydrogen-bond donors (Lipinski definition) is 0. The predicted octanol–water partition coefficient (Wildman–Crippen LogP) is 5.60. The summed E-state index contributed by atoms with van der Waals surface area (Å²) in [6.07, 6.45) is 9.95. The van der Waals surface area contributed by atoms with E-state index in [-0.39, 0.29) is 38.6 Å². The molecule has 0 amide bonds. The summed E-state index contributed by atoms with van der Waals surface area (Å²) < 4.78 is 22.4. The Hall–Kier alpha value is -3.74. The van der Waals surface area contributed by atoms with E-state index in [1.54, 1.807) is 0 Å². The zero-order valence-electron chi connectivity index (χ0n) is 20.6. The molecule has 2 atom stereocenters. The van der Waals surface area contributed by atoms with E-state index in [0.717, 1.165) is 56.7 Å². The van der Waals surface area contributed by atoms with Gasteiger partial charge in [-0.3, -0.25) is 0 Å². The molecule has 2 aromatic rings. The standard InChI is InChI=1S/C30H30O6/c1-5-27(31)35-13-11-33-25-9-7-21-15-19(3)17-23(29(21)25)24-18-20(4)16-22-8-10-26(30(22)24)34-12-14-36-28(32)6-2/h5-10,15-18,25-26H,1-2,11-14H2,3-4H3. The van der Waals surface area contributed by atoms with Gasteiger partial charge in [-0.1, -0.05) is 61.7 Å². The summed E-state index contributed by atoms with van der Waals surface area (Å²) in [5.74, 6) is -0.934. The lowest BCUT2D eigenvalue weighted by molar-refractivity contribution is -0.140. The molecule has 2 unspecified atom stereocenters. The van der Waals surface area contributed by atoms with Gasteiger partial charge in [-0.2, -0.15) is 0 Å². The second kappa shape index (κ2) is 11.3. The first-order chi connectivity index (χ1) is 17.4. The first kappa shape index (κ1) is 25.4. The van der Waals surface area contributed by atoms with E-state index in [4.69, 9.17) is 18.9 Å². The van der Waals surface area contributed by atoms with Gasteiger partial charge in [0.25, 0.3) is 0 Å². The molecule has 6 nitrogen and oxygen atoms in total. The third-order valence-electron chi connectivity index (χ3n) is 6.06. The van der Waals surface area contributed by atoms with Crippen LogP contribution in [0.1, 0.15) is 45.6 Å². The van der Waals surface area contributed by atoms with E-state index in [2.05, 4.69) is 63.4 Å². The van der Waals surface area contributed by atoms with Crippen LogP contribution in [0.15, 0.2) is 61.7 Å². The highest BCUT2D eigenvalue weighted by atomic mass is 16.6. The number of benzene rings is 2. The molecule has 0 spiro atoms. The normalized spacial score (nSPS) is 16.9. The molecule has 0 saturated heterocycles. The number of carbonyl (C=O) groups is 2. The molecule has 186 valence electrons. The van der Waals surface area contributed by atoms with Crippen molar-refractivity contribution in [2.75, 3.05) is 26.4 Å². The smallest absolute Gasteiger partial charge is 0.330 e. The summed E-state index contributed by atoms with van der Waals surface area (Å²) >= 11 is 0. The molecular weight excluding hydrogens is 456 g/mol. The van der Waals surface area contributed by atoms with E-state index >= 15 is 0 Å². The van der Waals surface area contributed by atoms with Crippen LogP contribution in [0.2, 0.25) is 0 Å². The molecule has 4 rings (SSSR count). The quantitative estimate of drug-likeness (QED) is 0.234. The van der Waals surface area contributed by atoms with E-state index in [1.165, 1.54) is 0 Å². The summed E-state index contributed by atoms with van der Waals surface area (Å²) in [5.41, 5.74) is 8.81. The predicted molar refractivity (Wildman–Crippen MR) is 139 cm³/mol. The second-order valence-electron chi connectivity index (χ2n) is 8.68. The van der Waals surface area contributed by atoms with Crippen molar-refractivity contribution in [1.82, 2.24) is 0 Å². The van der Waals surface area contributed by atoms with Gasteiger partial charge in [0.15, 0.2) is 0 Å². The Kier molecular flexibility index (Phi) is 7.98. The topological polar surface area (TPSA) is 71.1 Å². The van der Waals surface area contributed by atoms with Crippen molar-refractivity contribution in [3.63, 3.8) is 0 Å². The highest BCUT2D eigenvalue weighted by Gasteiger charge is 2.28. The third-order valence-corrected chi connectivity index (χ3v) is 6.06. The molecule has 0 aliphatic heterocycles. The highest BCUT2D eigenvalue weighted by molar-refractivity contribution is 5.84. The number of ether oxygens (including phenoxy) is 4. The largest absolute Gasteiger partial charge is 0.460 e. The summed E-state index contributed by atoms with van der Waals surface area (Å²) in [6.45, 7) is 11.8.